The Hall–Kier alpha value is -1.35. The third kappa shape index (κ3) is 3.33. The number of nitrogens with zero attached hydrogens (tertiary/aromatic N) is 1. The molecule has 0 aromatic heterocycles. The molecule has 0 radical (unpaired) electrons. The van der Waals surface area contributed by atoms with Gasteiger partial charge in [-0.25, -0.2) is 0 Å². The van der Waals surface area contributed by atoms with Crippen molar-refractivity contribution in [1.82, 2.24) is 4.90 Å². The van der Waals surface area contributed by atoms with Crippen LogP contribution in [0.3, 0.4) is 0 Å². The molecule has 0 spiro atoms. The molecule has 2 N–H and O–H groups in total. The van der Waals surface area contributed by atoms with Crippen LogP contribution in [-0.4, -0.2) is 30.4 Å². The first-order chi connectivity index (χ1) is 8.66. The highest BCUT2D eigenvalue weighted by atomic mass is 16.2. The lowest BCUT2D eigenvalue weighted by Gasteiger charge is -2.21. The topological polar surface area (TPSA) is 46.3 Å². The van der Waals surface area contributed by atoms with E-state index in [0.29, 0.717) is 0 Å². The summed E-state index contributed by atoms with van der Waals surface area (Å²) in [4.78, 5) is 14.0. The second-order valence-electron chi connectivity index (χ2n) is 5.27. The van der Waals surface area contributed by atoms with E-state index >= 15 is 0 Å². The SMILES string of the molecule is CN(CCc1ccccc1)C(=O)[C@H]1CC[C@@H](N)C1. The number of hydrogen-bond acceptors (Lipinski definition) is 2. The Kier molecular flexibility index (Phi) is 4.37. The molecular formula is C15H22N2O. The van der Waals surface area contributed by atoms with Gasteiger partial charge in [0.05, 0.1) is 0 Å². The number of nitrogens with two attached hydrogens (primary N) is 1. The van der Waals surface area contributed by atoms with Crippen molar-refractivity contribution in [2.45, 2.75) is 31.7 Å². The third-order valence-electron chi connectivity index (χ3n) is 3.78. The molecule has 1 fully saturated rings. The van der Waals surface area contributed by atoms with E-state index in [9.17, 15) is 4.79 Å². The van der Waals surface area contributed by atoms with Gasteiger partial charge in [0.25, 0.3) is 0 Å². The first-order valence-corrected chi connectivity index (χ1v) is 6.71. The molecule has 0 unspecified atom stereocenters. The second kappa shape index (κ2) is 6.01. The Morgan fingerprint density at radius 2 is 2.06 bits per heavy atom. The number of hydrogen-bond donors (Lipinski definition) is 1. The van der Waals surface area contributed by atoms with E-state index < -0.39 is 0 Å². The summed E-state index contributed by atoms with van der Waals surface area (Å²) in [6.45, 7) is 0.786. The summed E-state index contributed by atoms with van der Waals surface area (Å²) in [7, 11) is 1.90. The molecule has 18 heavy (non-hydrogen) atoms. The first kappa shape index (κ1) is 13.1. The lowest BCUT2D eigenvalue weighted by molar-refractivity contribution is -0.134. The van der Waals surface area contributed by atoms with Gasteiger partial charge in [-0.05, 0) is 31.2 Å². The van der Waals surface area contributed by atoms with Crippen LogP contribution in [0.5, 0.6) is 0 Å². The molecule has 2 rings (SSSR count). The maximum absolute atomic E-state index is 12.2. The Balaban J connectivity index is 1.81. The molecule has 1 saturated carbocycles. The minimum Gasteiger partial charge on any atom is -0.345 e. The van der Waals surface area contributed by atoms with Crippen molar-refractivity contribution in [1.29, 1.82) is 0 Å². The Morgan fingerprint density at radius 1 is 1.33 bits per heavy atom. The summed E-state index contributed by atoms with van der Waals surface area (Å²) in [5.41, 5.74) is 7.14. The number of rotatable bonds is 4. The lowest BCUT2D eigenvalue weighted by atomic mass is 10.1. The van der Waals surface area contributed by atoms with Crippen molar-refractivity contribution < 1.29 is 4.79 Å². The van der Waals surface area contributed by atoms with Crippen LogP contribution < -0.4 is 5.73 Å². The van der Waals surface area contributed by atoms with Crippen LogP contribution >= 0.6 is 0 Å². The Labute approximate surface area is 109 Å². The average molecular weight is 246 g/mol. The lowest BCUT2D eigenvalue weighted by Crippen LogP contribution is -2.34. The molecular weight excluding hydrogens is 224 g/mol. The summed E-state index contributed by atoms with van der Waals surface area (Å²) < 4.78 is 0. The molecule has 0 bridgehead atoms. The highest BCUT2D eigenvalue weighted by Crippen LogP contribution is 2.25. The van der Waals surface area contributed by atoms with Gasteiger partial charge in [0.1, 0.15) is 0 Å². The molecule has 0 heterocycles. The number of benzene rings is 1. The minimum atomic E-state index is 0.153. The van der Waals surface area contributed by atoms with Crippen LogP contribution in [0, 0.1) is 5.92 Å². The third-order valence-corrected chi connectivity index (χ3v) is 3.78. The molecule has 1 aliphatic rings. The van der Waals surface area contributed by atoms with Crippen LogP contribution in [0.25, 0.3) is 0 Å². The zero-order valence-electron chi connectivity index (χ0n) is 11.0. The van der Waals surface area contributed by atoms with Crippen LogP contribution in [0.1, 0.15) is 24.8 Å². The average Bonchev–Trinajstić information content (AvgIpc) is 2.83. The number of amides is 1. The molecule has 3 heteroatoms. The number of likely N-dealkylation sites (N-methyl/N-ethyl adjacent to an activating group) is 1. The summed E-state index contributed by atoms with van der Waals surface area (Å²) in [5, 5.41) is 0. The van der Waals surface area contributed by atoms with Crippen molar-refractivity contribution in [3.63, 3.8) is 0 Å². The van der Waals surface area contributed by atoms with E-state index in [0.717, 1.165) is 32.2 Å². The normalized spacial score (nSPS) is 23.0. The van der Waals surface area contributed by atoms with Crippen LogP contribution in [0.2, 0.25) is 0 Å². The second-order valence-corrected chi connectivity index (χ2v) is 5.27. The van der Waals surface area contributed by atoms with E-state index in [4.69, 9.17) is 5.73 Å². The summed E-state index contributed by atoms with van der Waals surface area (Å²) in [6.07, 6.45) is 3.72. The summed E-state index contributed by atoms with van der Waals surface area (Å²) >= 11 is 0. The van der Waals surface area contributed by atoms with Crippen molar-refractivity contribution in [3.05, 3.63) is 35.9 Å². The fourth-order valence-electron chi connectivity index (χ4n) is 2.60. The molecule has 2 atom stereocenters. The van der Waals surface area contributed by atoms with E-state index in [1.807, 2.05) is 30.1 Å². The van der Waals surface area contributed by atoms with Crippen LogP contribution in [-0.2, 0) is 11.2 Å². The number of carbonyl (C=O) groups excluding carboxylic acids is 1. The van der Waals surface area contributed by atoms with Gasteiger partial charge < -0.3 is 10.6 Å². The van der Waals surface area contributed by atoms with Gasteiger partial charge >= 0.3 is 0 Å². The quantitative estimate of drug-likeness (QED) is 0.880. The predicted octanol–water partition coefficient (Wildman–Crippen LogP) is 1.81. The highest BCUT2D eigenvalue weighted by Gasteiger charge is 2.29. The zero-order valence-corrected chi connectivity index (χ0v) is 11.0. The van der Waals surface area contributed by atoms with Crippen molar-refractivity contribution >= 4 is 5.91 Å². The minimum absolute atomic E-state index is 0.153. The van der Waals surface area contributed by atoms with Gasteiger partial charge in [0.2, 0.25) is 5.91 Å². The van der Waals surface area contributed by atoms with E-state index in [1.165, 1.54) is 5.56 Å². The maximum atomic E-state index is 12.2. The maximum Gasteiger partial charge on any atom is 0.225 e. The fourth-order valence-corrected chi connectivity index (χ4v) is 2.60. The standard InChI is InChI=1S/C15H22N2O/c1-17(10-9-12-5-3-2-4-6-12)15(18)13-7-8-14(16)11-13/h2-6,13-14H,7-11,16H2,1H3/t13-,14+/m0/s1. The molecule has 0 aliphatic heterocycles. The molecule has 1 aromatic carbocycles. The first-order valence-electron chi connectivity index (χ1n) is 6.71. The van der Waals surface area contributed by atoms with Gasteiger partial charge in [0, 0.05) is 25.6 Å². The molecule has 1 amide bonds. The molecule has 3 nitrogen and oxygen atoms in total. The van der Waals surface area contributed by atoms with E-state index in [2.05, 4.69) is 12.1 Å². The predicted molar refractivity (Wildman–Crippen MR) is 73.1 cm³/mol. The zero-order chi connectivity index (χ0) is 13.0. The van der Waals surface area contributed by atoms with Gasteiger partial charge in [-0.15, -0.1) is 0 Å². The van der Waals surface area contributed by atoms with Gasteiger partial charge in [-0.1, -0.05) is 30.3 Å². The van der Waals surface area contributed by atoms with E-state index in [-0.39, 0.29) is 17.9 Å². The molecule has 0 saturated heterocycles. The Morgan fingerprint density at radius 3 is 2.67 bits per heavy atom. The number of carbonyl (C=O) groups is 1. The van der Waals surface area contributed by atoms with Crippen molar-refractivity contribution in [2.75, 3.05) is 13.6 Å². The largest absolute Gasteiger partial charge is 0.345 e. The van der Waals surface area contributed by atoms with Gasteiger partial charge in [-0.3, -0.25) is 4.79 Å². The molecule has 98 valence electrons. The highest BCUT2D eigenvalue weighted by molar-refractivity contribution is 5.79. The van der Waals surface area contributed by atoms with Crippen molar-refractivity contribution in [2.24, 2.45) is 11.7 Å². The van der Waals surface area contributed by atoms with Crippen LogP contribution in [0.4, 0.5) is 0 Å². The van der Waals surface area contributed by atoms with Gasteiger partial charge in [0.15, 0.2) is 0 Å². The molecule has 1 aromatic rings. The Bertz CT molecular complexity index is 391. The monoisotopic (exact) mass is 246 g/mol. The summed E-state index contributed by atoms with van der Waals surface area (Å²) in [5.74, 6) is 0.416. The van der Waals surface area contributed by atoms with E-state index in [1.54, 1.807) is 0 Å². The fraction of sp³-hybridized carbons (Fsp3) is 0.533. The van der Waals surface area contributed by atoms with Crippen LogP contribution in [0.15, 0.2) is 30.3 Å². The van der Waals surface area contributed by atoms with Crippen molar-refractivity contribution in [3.8, 4) is 0 Å². The van der Waals surface area contributed by atoms with Gasteiger partial charge in [-0.2, -0.15) is 0 Å². The molecule has 1 aliphatic carbocycles. The smallest absolute Gasteiger partial charge is 0.225 e. The summed E-state index contributed by atoms with van der Waals surface area (Å²) in [6, 6.07) is 10.5.